The van der Waals surface area contributed by atoms with E-state index in [1.165, 1.54) is 11.5 Å². The Hall–Kier alpha value is -0.520. The average molecular weight is 260 g/mol. The van der Waals surface area contributed by atoms with Gasteiger partial charge in [0.05, 0.1) is 0 Å². The molecule has 88 valence electrons. The molecular formula is C10H14ClN3OS. The van der Waals surface area contributed by atoms with Gasteiger partial charge in [-0.2, -0.15) is 11.8 Å². The van der Waals surface area contributed by atoms with E-state index in [0.717, 1.165) is 19.6 Å². The molecule has 0 radical (unpaired) electrons. The third kappa shape index (κ3) is 3.81. The average Bonchev–Trinajstić information content (AvgIpc) is 2.33. The lowest BCUT2D eigenvalue weighted by molar-refractivity contribution is 0.216. The first kappa shape index (κ1) is 12.0. The second kappa shape index (κ2) is 6.27. The van der Waals surface area contributed by atoms with E-state index in [-0.39, 0.29) is 0 Å². The van der Waals surface area contributed by atoms with E-state index in [9.17, 15) is 0 Å². The van der Waals surface area contributed by atoms with E-state index in [0.29, 0.717) is 17.6 Å². The van der Waals surface area contributed by atoms with Crippen LogP contribution in [0.15, 0.2) is 12.1 Å². The molecule has 0 aliphatic carbocycles. The van der Waals surface area contributed by atoms with Gasteiger partial charge in [-0.25, -0.2) is 0 Å². The van der Waals surface area contributed by atoms with E-state index < -0.39 is 0 Å². The fourth-order valence-electron chi connectivity index (χ4n) is 1.48. The van der Waals surface area contributed by atoms with Crippen molar-refractivity contribution in [2.24, 2.45) is 0 Å². The molecule has 1 aromatic heterocycles. The SMILES string of the molecule is Clc1ccc(OCCN2CCSCC2)nn1. The van der Waals surface area contributed by atoms with E-state index in [4.69, 9.17) is 16.3 Å². The number of hydrogen-bond acceptors (Lipinski definition) is 5. The fraction of sp³-hybridized carbons (Fsp3) is 0.600. The van der Waals surface area contributed by atoms with Gasteiger partial charge >= 0.3 is 0 Å². The Bertz CT molecular complexity index is 316. The van der Waals surface area contributed by atoms with Gasteiger partial charge in [0.15, 0.2) is 5.15 Å². The van der Waals surface area contributed by atoms with Crippen molar-refractivity contribution in [1.82, 2.24) is 15.1 Å². The molecule has 2 rings (SSSR count). The van der Waals surface area contributed by atoms with Crippen LogP contribution >= 0.6 is 23.4 Å². The second-order valence-corrected chi connectivity index (χ2v) is 5.11. The highest BCUT2D eigenvalue weighted by atomic mass is 35.5. The molecule has 0 atom stereocenters. The lowest BCUT2D eigenvalue weighted by atomic mass is 10.5. The molecule has 1 aromatic rings. The smallest absolute Gasteiger partial charge is 0.233 e. The normalized spacial score (nSPS) is 17.3. The Kier molecular flexibility index (Phi) is 4.69. The summed E-state index contributed by atoms with van der Waals surface area (Å²) < 4.78 is 5.48. The Morgan fingerprint density at radius 3 is 2.81 bits per heavy atom. The third-order valence-electron chi connectivity index (χ3n) is 2.37. The summed E-state index contributed by atoms with van der Waals surface area (Å²) in [7, 11) is 0. The lowest BCUT2D eigenvalue weighted by Crippen LogP contribution is -2.35. The Labute approximate surface area is 104 Å². The Morgan fingerprint density at radius 2 is 2.12 bits per heavy atom. The molecule has 1 aliphatic rings. The van der Waals surface area contributed by atoms with Crippen LogP contribution in [0.4, 0.5) is 0 Å². The second-order valence-electron chi connectivity index (χ2n) is 3.50. The summed E-state index contributed by atoms with van der Waals surface area (Å²) in [5.74, 6) is 2.98. The van der Waals surface area contributed by atoms with Crippen molar-refractivity contribution in [1.29, 1.82) is 0 Å². The fourth-order valence-corrected chi connectivity index (χ4v) is 2.56. The van der Waals surface area contributed by atoms with E-state index in [2.05, 4.69) is 15.1 Å². The number of thioether (sulfide) groups is 1. The molecule has 0 aromatic carbocycles. The molecule has 0 N–H and O–H groups in total. The number of ether oxygens (including phenoxy) is 1. The van der Waals surface area contributed by atoms with E-state index in [1.807, 2.05) is 11.8 Å². The van der Waals surface area contributed by atoms with E-state index in [1.54, 1.807) is 12.1 Å². The molecule has 16 heavy (non-hydrogen) atoms. The number of halogens is 1. The predicted octanol–water partition coefficient (Wildman–Crippen LogP) is 1.56. The molecule has 1 saturated heterocycles. The molecule has 2 heterocycles. The van der Waals surface area contributed by atoms with Gasteiger partial charge in [-0.3, -0.25) is 4.90 Å². The van der Waals surface area contributed by atoms with Crippen LogP contribution in [0, 0.1) is 0 Å². The maximum Gasteiger partial charge on any atom is 0.233 e. The van der Waals surface area contributed by atoms with Crippen molar-refractivity contribution in [2.45, 2.75) is 0 Å². The monoisotopic (exact) mass is 259 g/mol. The van der Waals surface area contributed by atoms with Gasteiger partial charge in [-0.05, 0) is 6.07 Å². The zero-order valence-electron chi connectivity index (χ0n) is 8.93. The first-order valence-corrected chi connectivity index (χ1v) is 6.80. The standard InChI is InChI=1S/C10H14ClN3OS/c11-9-1-2-10(13-12-9)15-6-3-14-4-7-16-8-5-14/h1-2H,3-8H2. The first-order chi connectivity index (χ1) is 7.84. The Balaban J connectivity index is 1.69. The third-order valence-corrected chi connectivity index (χ3v) is 3.51. The summed E-state index contributed by atoms with van der Waals surface area (Å²) in [4.78, 5) is 2.40. The summed E-state index contributed by atoms with van der Waals surface area (Å²) >= 11 is 7.64. The minimum absolute atomic E-state index is 0.389. The minimum atomic E-state index is 0.389. The highest BCUT2D eigenvalue weighted by Crippen LogP contribution is 2.10. The number of aromatic nitrogens is 2. The lowest BCUT2D eigenvalue weighted by Gasteiger charge is -2.25. The van der Waals surface area contributed by atoms with Crippen molar-refractivity contribution in [2.75, 3.05) is 37.7 Å². The van der Waals surface area contributed by atoms with Gasteiger partial charge in [-0.15, -0.1) is 10.2 Å². The topological polar surface area (TPSA) is 38.2 Å². The van der Waals surface area contributed by atoms with Gasteiger partial charge in [-0.1, -0.05) is 11.6 Å². The highest BCUT2D eigenvalue weighted by molar-refractivity contribution is 7.99. The van der Waals surface area contributed by atoms with E-state index >= 15 is 0 Å². The molecule has 0 amide bonds. The number of hydrogen-bond donors (Lipinski definition) is 0. The largest absolute Gasteiger partial charge is 0.475 e. The molecule has 4 nitrogen and oxygen atoms in total. The first-order valence-electron chi connectivity index (χ1n) is 5.27. The number of rotatable bonds is 4. The van der Waals surface area contributed by atoms with Gasteiger partial charge in [0.25, 0.3) is 0 Å². The molecule has 0 bridgehead atoms. The Morgan fingerprint density at radius 1 is 1.31 bits per heavy atom. The van der Waals surface area contributed by atoms with Crippen LogP contribution in [-0.2, 0) is 0 Å². The molecule has 1 fully saturated rings. The summed E-state index contributed by atoms with van der Waals surface area (Å²) in [6, 6.07) is 3.42. The van der Waals surface area contributed by atoms with Crippen LogP contribution in [0.25, 0.3) is 0 Å². The summed E-state index contributed by atoms with van der Waals surface area (Å²) in [5, 5.41) is 7.94. The van der Waals surface area contributed by atoms with Crippen molar-refractivity contribution in [3.05, 3.63) is 17.3 Å². The van der Waals surface area contributed by atoms with Crippen LogP contribution in [0.5, 0.6) is 5.88 Å². The van der Waals surface area contributed by atoms with Crippen molar-refractivity contribution >= 4 is 23.4 Å². The summed E-state index contributed by atoms with van der Waals surface area (Å²) in [6.07, 6.45) is 0. The van der Waals surface area contributed by atoms with Crippen molar-refractivity contribution in [3.8, 4) is 5.88 Å². The van der Waals surface area contributed by atoms with Crippen molar-refractivity contribution in [3.63, 3.8) is 0 Å². The zero-order valence-corrected chi connectivity index (χ0v) is 10.5. The van der Waals surface area contributed by atoms with Gasteiger partial charge < -0.3 is 4.74 Å². The molecule has 6 heteroatoms. The predicted molar refractivity (Wildman–Crippen MR) is 66.3 cm³/mol. The van der Waals surface area contributed by atoms with Crippen LogP contribution in [-0.4, -0.2) is 52.8 Å². The van der Waals surface area contributed by atoms with Crippen LogP contribution in [0.1, 0.15) is 0 Å². The van der Waals surface area contributed by atoms with Crippen LogP contribution < -0.4 is 4.74 Å². The van der Waals surface area contributed by atoms with Crippen LogP contribution in [0.2, 0.25) is 5.15 Å². The molecular weight excluding hydrogens is 246 g/mol. The molecule has 0 spiro atoms. The van der Waals surface area contributed by atoms with Gasteiger partial charge in [0, 0.05) is 37.2 Å². The molecule has 1 aliphatic heterocycles. The maximum atomic E-state index is 5.63. The summed E-state index contributed by atoms with van der Waals surface area (Å²) in [6.45, 7) is 3.91. The zero-order chi connectivity index (χ0) is 11.2. The summed E-state index contributed by atoms with van der Waals surface area (Å²) in [5.41, 5.74) is 0. The van der Waals surface area contributed by atoms with Crippen LogP contribution in [0.3, 0.4) is 0 Å². The number of nitrogens with zero attached hydrogens (tertiary/aromatic N) is 3. The quantitative estimate of drug-likeness (QED) is 0.821. The molecule has 0 saturated carbocycles. The van der Waals surface area contributed by atoms with Gasteiger partial charge in [0.1, 0.15) is 6.61 Å². The molecule has 0 unspecified atom stereocenters. The highest BCUT2D eigenvalue weighted by Gasteiger charge is 2.09. The van der Waals surface area contributed by atoms with Gasteiger partial charge in [0.2, 0.25) is 5.88 Å². The minimum Gasteiger partial charge on any atom is -0.475 e. The maximum absolute atomic E-state index is 5.63. The van der Waals surface area contributed by atoms with Crippen molar-refractivity contribution < 1.29 is 4.74 Å².